The molecule has 112 valence electrons. The number of nitrogens with zero attached hydrogens (tertiary/aromatic N) is 5. The molecule has 1 atom stereocenters. The van der Waals surface area contributed by atoms with Crippen molar-refractivity contribution in [3.63, 3.8) is 0 Å². The van der Waals surface area contributed by atoms with Crippen LogP contribution in [0.15, 0.2) is 0 Å². The molecule has 6 nitrogen and oxygen atoms in total. The lowest BCUT2D eigenvalue weighted by atomic mass is 9.69. The summed E-state index contributed by atoms with van der Waals surface area (Å²) in [6.07, 6.45) is 4.37. The molecule has 1 saturated heterocycles. The number of aromatic nitrogens is 3. The highest BCUT2D eigenvalue weighted by molar-refractivity contribution is 5.86. The van der Waals surface area contributed by atoms with E-state index in [0.717, 1.165) is 37.5 Å². The highest BCUT2D eigenvalue weighted by Gasteiger charge is 2.47. The molecule has 0 N–H and O–H groups in total. The van der Waals surface area contributed by atoms with Gasteiger partial charge >= 0.3 is 0 Å². The van der Waals surface area contributed by atoms with Crippen LogP contribution in [0.1, 0.15) is 49.8 Å². The molecule has 21 heavy (non-hydrogen) atoms. The lowest BCUT2D eigenvalue weighted by Gasteiger charge is -2.41. The Morgan fingerprint density at radius 2 is 2.14 bits per heavy atom. The van der Waals surface area contributed by atoms with Gasteiger partial charge in [-0.05, 0) is 46.0 Å². The van der Waals surface area contributed by atoms with Gasteiger partial charge in [0.15, 0.2) is 0 Å². The number of nitriles is 1. The molecule has 0 aromatic carbocycles. The number of hydrogen-bond acceptors (Lipinski definition) is 4. The monoisotopic (exact) mass is 287 g/mol. The molecule has 3 rings (SSSR count). The van der Waals surface area contributed by atoms with Gasteiger partial charge in [-0.2, -0.15) is 10.4 Å². The predicted molar refractivity (Wildman–Crippen MR) is 76.2 cm³/mol. The molecule has 1 saturated carbocycles. The van der Waals surface area contributed by atoms with Gasteiger partial charge in [-0.3, -0.25) is 4.79 Å². The minimum Gasteiger partial charge on any atom is -0.339 e. The normalized spacial score (nSPS) is 24.2. The SMILES string of the molecule is Cc1nc(C)n([C@@H]2CCCN(C(=O)C3(C#N)CCC3)C2)n1. The lowest BCUT2D eigenvalue weighted by Crippen LogP contribution is -2.50. The summed E-state index contributed by atoms with van der Waals surface area (Å²) >= 11 is 0. The van der Waals surface area contributed by atoms with Crippen LogP contribution in [0.3, 0.4) is 0 Å². The zero-order chi connectivity index (χ0) is 15.0. The predicted octanol–water partition coefficient (Wildman–Crippen LogP) is 1.75. The maximum Gasteiger partial charge on any atom is 0.243 e. The van der Waals surface area contributed by atoms with Crippen molar-refractivity contribution in [2.45, 2.75) is 52.0 Å². The van der Waals surface area contributed by atoms with Crippen molar-refractivity contribution in [2.24, 2.45) is 5.41 Å². The van der Waals surface area contributed by atoms with E-state index in [1.54, 1.807) is 0 Å². The van der Waals surface area contributed by atoms with Crippen molar-refractivity contribution in [1.82, 2.24) is 19.7 Å². The highest BCUT2D eigenvalue weighted by atomic mass is 16.2. The summed E-state index contributed by atoms with van der Waals surface area (Å²) in [6, 6.07) is 2.44. The lowest BCUT2D eigenvalue weighted by molar-refractivity contribution is -0.144. The molecule has 0 unspecified atom stereocenters. The van der Waals surface area contributed by atoms with Gasteiger partial charge < -0.3 is 4.90 Å². The number of piperidine rings is 1. The maximum absolute atomic E-state index is 12.7. The van der Waals surface area contributed by atoms with Crippen molar-refractivity contribution in [1.29, 1.82) is 5.26 Å². The van der Waals surface area contributed by atoms with Crippen LogP contribution in [0.5, 0.6) is 0 Å². The second-order valence-electron chi connectivity index (χ2n) is 6.25. The van der Waals surface area contributed by atoms with Crippen molar-refractivity contribution >= 4 is 5.91 Å². The second kappa shape index (κ2) is 5.14. The van der Waals surface area contributed by atoms with E-state index in [9.17, 15) is 10.1 Å². The fourth-order valence-electron chi connectivity index (χ4n) is 3.43. The quantitative estimate of drug-likeness (QED) is 0.830. The summed E-state index contributed by atoms with van der Waals surface area (Å²) in [5.41, 5.74) is -0.741. The fraction of sp³-hybridized carbons (Fsp3) is 0.733. The third kappa shape index (κ3) is 2.31. The van der Waals surface area contributed by atoms with E-state index >= 15 is 0 Å². The van der Waals surface area contributed by atoms with Gasteiger partial charge in [0.1, 0.15) is 17.1 Å². The Hall–Kier alpha value is -1.90. The Balaban J connectivity index is 1.76. The van der Waals surface area contributed by atoms with Crippen LogP contribution in [-0.4, -0.2) is 38.7 Å². The van der Waals surface area contributed by atoms with Gasteiger partial charge in [0.25, 0.3) is 0 Å². The van der Waals surface area contributed by atoms with Gasteiger partial charge in [-0.1, -0.05) is 0 Å². The van der Waals surface area contributed by atoms with E-state index in [2.05, 4.69) is 16.2 Å². The molecule has 1 aliphatic heterocycles. The summed E-state index contributed by atoms with van der Waals surface area (Å²) in [5, 5.41) is 13.8. The Kier molecular flexibility index (Phi) is 3.44. The first-order chi connectivity index (χ1) is 10.1. The van der Waals surface area contributed by atoms with Crippen molar-refractivity contribution in [3.05, 3.63) is 11.6 Å². The minimum atomic E-state index is -0.741. The summed E-state index contributed by atoms with van der Waals surface area (Å²) in [7, 11) is 0. The molecule has 1 aromatic rings. The molecular formula is C15H21N5O. The Morgan fingerprint density at radius 3 is 2.67 bits per heavy atom. The molecule has 6 heteroatoms. The standard InChI is InChI=1S/C15H21N5O/c1-11-17-12(2)20(18-11)13-5-3-8-19(9-13)14(21)15(10-16)6-4-7-15/h13H,3-9H2,1-2H3/t13-/m1/s1. The van der Waals surface area contributed by atoms with E-state index in [1.165, 1.54) is 0 Å². The van der Waals surface area contributed by atoms with E-state index in [0.29, 0.717) is 19.4 Å². The second-order valence-corrected chi connectivity index (χ2v) is 6.25. The van der Waals surface area contributed by atoms with Crippen molar-refractivity contribution in [2.75, 3.05) is 13.1 Å². The molecule has 1 amide bonds. The summed E-state index contributed by atoms with van der Waals surface area (Å²) in [6.45, 7) is 5.23. The molecule has 0 bridgehead atoms. The van der Waals surface area contributed by atoms with E-state index in [-0.39, 0.29) is 11.9 Å². The summed E-state index contributed by atoms with van der Waals surface area (Å²) < 4.78 is 1.94. The van der Waals surface area contributed by atoms with Gasteiger partial charge in [-0.15, -0.1) is 0 Å². The Bertz CT molecular complexity index is 596. The average Bonchev–Trinajstić information content (AvgIpc) is 2.77. The zero-order valence-electron chi connectivity index (χ0n) is 12.7. The third-order valence-electron chi connectivity index (χ3n) is 4.77. The first-order valence-corrected chi connectivity index (χ1v) is 7.66. The Morgan fingerprint density at radius 1 is 1.38 bits per heavy atom. The first-order valence-electron chi connectivity index (χ1n) is 7.66. The largest absolute Gasteiger partial charge is 0.339 e. The van der Waals surface area contributed by atoms with E-state index < -0.39 is 5.41 Å². The van der Waals surface area contributed by atoms with Crippen LogP contribution in [0.2, 0.25) is 0 Å². The molecule has 0 spiro atoms. The number of rotatable bonds is 2. The average molecular weight is 287 g/mol. The molecule has 1 aliphatic carbocycles. The maximum atomic E-state index is 12.7. The molecule has 2 heterocycles. The van der Waals surface area contributed by atoms with Crippen molar-refractivity contribution in [3.8, 4) is 6.07 Å². The molecule has 2 aliphatic rings. The smallest absolute Gasteiger partial charge is 0.243 e. The third-order valence-corrected chi connectivity index (χ3v) is 4.77. The van der Waals surface area contributed by atoms with Crippen LogP contribution in [0.4, 0.5) is 0 Å². The van der Waals surface area contributed by atoms with E-state index in [1.807, 2.05) is 23.4 Å². The minimum absolute atomic E-state index is 0.0236. The van der Waals surface area contributed by atoms with Crippen molar-refractivity contribution < 1.29 is 4.79 Å². The number of carbonyl (C=O) groups is 1. The zero-order valence-corrected chi connectivity index (χ0v) is 12.7. The van der Waals surface area contributed by atoms with Gasteiger partial charge in [0.2, 0.25) is 5.91 Å². The molecule has 2 fully saturated rings. The highest BCUT2D eigenvalue weighted by Crippen LogP contribution is 2.42. The first kappa shape index (κ1) is 14.1. The number of amides is 1. The topological polar surface area (TPSA) is 74.8 Å². The van der Waals surface area contributed by atoms with Crippen LogP contribution < -0.4 is 0 Å². The molecule has 1 aromatic heterocycles. The fourth-order valence-corrected chi connectivity index (χ4v) is 3.43. The number of hydrogen-bond donors (Lipinski definition) is 0. The van der Waals surface area contributed by atoms with Crippen LogP contribution in [0.25, 0.3) is 0 Å². The Labute approximate surface area is 124 Å². The molecule has 0 radical (unpaired) electrons. The number of carbonyl (C=O) groups excluding carboxylic acids is 1. The summed E-state index contributed by atoms with van der Waals surface area (Å²) in [4.78, 5) is 18.9. The number of likely N-dealkylation sites (tertiary alicyclic amines) is 1. The van der Waals surface area contributed by atoms with Crippen LogP contribution in [-0.2, 0) is 4.79 Å². The summed E-state index contributed by atoms with van der Waals surface area (Å²) in [5.74, 6) is 1.68. The van der Waals surface area contributed by atoms with Crippen LogP contribution in [0, 0.1) is 30.6 Å². The van der Waals surface area contributed by atoms with Crippen LogP contribution >= 0.6 is 0 Å². The van der Waals surface area contributed by atoms with Gasteiger partial charge in [0, 0.05) is 13.1 Å². The molecular weight excluding hydrogens is 266 g/mol. The van der Waals surface area contributed by atoms with Gasteiger partial charge in [0.05, 0.1) is 12.1 Å². The van der Waals surface area contributed by atoms with E-state index in [4.69, 9.17) is 0 Å². The number of aryl methyl sites for hydroxylation is 2. The van der Waals surface area contributed by atoms with Gasteiger partial charge in [-0.25, -0.2) is 9.67 Å².